The van der Waals surface area contributed by atoms with Gasteiger partial charge in [-0.3, -0.25) is 9.20 Å². The Morgan fingerprint density at radius 2 is 2.27 bits per heavy atom. The summed E-state index contributed by atoms with van der Waals surface area (Å²) in [5, 5.41) is 2.54. The van der Waals surface area contributed by atoms with Crippen LogP contribution in [0.2, 0.25) is 0 Å². The molecular weight excluding hydrogens is 330 g/mol. The molecule has 2 heterocycles. The maximum absolute atomic E-state index is 11.4. The molecule has 1 amide bonds. The van der Waals surface area contributed by atoms with Crippen LogP contribution in [0, 0.1) is 0 Å². The van der Waals surface area contributed by atoms with Crippen molar-refractivity contribution in [2.75, 3.05) is 19.4 Å². The fraction of sp³-hybridized carbons (Fsp3) is 0.316. The van der Waals surface area contributed by atoms with Gasteiger partial charge >= 0.3 is 0 Å². The molecule has 134 valence electrons. The van der Waals surface area contributed by atoms with Crippen LogP contribution < -0.4 is 15.8 Å². The standard InChI is InChI=1S/C19H21N5O2/c1-21-15(25)11-26-14-7-3-6-13(10-14)16-17-18(20)22-8-9-24(17)19(23-16)12-4-2-5-12/h3,6-10,12H,2,4-5,11H2,1H3,(H2,20,22)(H,21,25). The molecule has 0 aliphatic heterocycles. The summed E-state index contributed by atoms with van der Waals surface area (Å²) in [6.07, 6.45) is 7.16. The third-order valence-electron chi connectivity index (χ3n) is 4.84. The van der Waals surface area contributed by atoms with E-state index in [0.29, 0.717) is 17.5 Å². The summed E-state index contributed by atoms with van der Waals surface area (Å²) in [5.41, 5.74) is 8.67. The van der Waals surface area contributed by atoms with Gasteiger partial charge in [0.05, 0.1) is 0 Å². The van der Waals surface area contributed by atoms with Gasteiger partial charge in [-0.15, -0.1) is 0 Å². The fourth-order valence-corrected chi connectivity index (χ4v) is 3.20. The highest BCUT2D eigenvalue weighted by Gasteiger charge is 2.26. The molecule has 2 aromatic heterocycles. The summed E-state index contributed by atoms with van der Waals surface area (Å²) in [6.45, 7) is -0.0269. The van der Waals surface area contributed by atoms with Crippen LogP contribution in [0.15, 0.2) is 36.7 Å². The first-order valence-electron chi connectivity index (χ1n) is 8.73. The molecule has 7 nitrogen and oxygen atoms in total. The van der Waals surface area contributed by atoms with Crippen molar-refractivity contribution in [2.45, 2.75) is 25.2 Å². The highest BCUT2D eigenvalue weighted by molar-refractivity contribution is 5.85. The first-order valence-corrected chi connectivity index (χ1v) is 8.73. The van der Waals surface area contributed by atoms with E-state index in [9.17, 15) is 4.79 Å². The van der Waals surface area contributed by atoms with Gasteiger partial charge in [-0.05, 0) is 25.0 Å². The predicted octanol–water partition coefficient (Wildman–Crippen LogP) is 2.37. The second-order valence-corrected chi connectivity index (χ2v) is 6.47. The van der Waals surface area contributed by atoms with Crippen molar-refractivity contribution in [2.24, 2.45) is 0 Å². The summed E-state index contributed by atoms with van der Waals surface area (Å²) in [6, 6.07) is 7.54. The molecule has 0 spiro atoms. The van der Waals surface area contributed by atoms with Crippen LogP contribution >= 0.6 is 0 Å². The van der Waals surface area contributed by atoms with Crippen LogP contribution in [0.3, 0.4) is 0 Å². The van der Waals surface area contributed by atoms with E-state index in [1.165, 1.54) is 6.42 Å². The monoisotopic (exact) mass is 351 g/mol. The number of aromatic nitrogens is 3. The molecule has 1 fully saturated rings. The maximum atomic E-state index is 11.4. The lowest BCUT2D eigenvalue weighted by atomic mass is 9.85. The van der Waals surface area contributed by atoms with Crippen LogP contribution in [-0.4, -0.2) is 33.9 Å². The Balaban J connectivity index is 1.76. The smallest absolute Gasteiger partial charge is 0.257 e. The number of ether oxygens (including phenoxy) is 1. The van der Waals surface area contributed by atoms with Crippen LogP contribution in [0.25, 0.3) is 16.8 Å². The average molecular weight is 351 g/mol. The topological polar surface area (TPSA) is 94.5 Å². The lowest BCUT2D eigenvalue weighted by Crippen LogP contribution is -2.24. The number of nitrogens with zero attached hydrogens (tertiary/aromatic N) is 3. The predicted molar refractivity (Wildman–Crippen MR) is 99.0 cm³/mol. The molecule has 1 saturated carbocycles. The van der Waals surface area contributed by atoms with Crippen molar-refractivity contribution in [3.8, 4) is 17.0 Å². The van der Waals surface area contributed by atoms with Gasteiger partial charge in [-0.25, -0.2) is 9.97 Å². The summed E-state index contributed by atoms with van der Waals surface area (Å²) in [4.78, 5) is 20.5. The lowest BCUT2D eigenvalue weighted by molar-refractivity contribution is -0.122. The molecule has 26 heavy (non-hydrogen) atoms. The molecule has 0 atom stereocenters. The number of benzene rings is 1. The number of carbonyl (C=O) groups is 1. The third-order valence-corrected chi connectivity index (χ3v) is 4.84. The van der Waals surface area contributed by atoms with Crippen molar-refractivity contribution in [3.05, 3.63) is 42.5 Å². The Morgan fingerprint density at radius 1 is 1.42 bits per heavy atom. The number of fused-ring (bicyclic) bond motifs is 1. The van der Waals surface area contributed by atoms with E-state index in [2.05, 4.69) is 14.7 Å². The van der Waals surface area contributed by atoms with E-state index in [-0.39, 0.29) is 12.5 Å². The van der Waals surface area contributed by atoms with E-state index in [1.807, 2.05) is 30.5 Å². The second kappa shape index (κ2) is 6.67. The number of rotatable bonds is 5. The number of nitrogens with one attached hydrogen (secondary N) is 1. The molecule has 1 aromatic carbocycles. The van der Waals surface area contributed by atoms with Crippen molar-refractivity contribution in [1.29, 1.82) is 0 Å². The number of hydrogen-bond donors (Lipinski definition) is 2. The van der Waals surface area contributed by atoms with Gasteiger partial charge in [-0.1, -0.05) is 18.6 Å². The molecule has 3 N–H and O–H groups in total. The summed E-state index contributed by atoms with van der Waals surface area (Å²) in [5.74, 6) is 2.39. The van der Waals surface area contributed by atoms with Crippen LogP contribution in [-0.2, 0) is 4.79 Å². The van der Waals surface area contributed by atoms with Gasteiger partial charge in [0, 0.05) is 30.9 Å². The molecule has 3 aromatic rings. The Kier molecular flexibility index (Phi) is 4.20. The second-order valence-electron chi connectivity index (χ2n) is 6.47. The van der Waals surface area contributed by atoms with Gasteiger partial charge in [-0.2, -0.15) is 0 Å². The number of amides is 1. The van der Waals surface area contributed by atoms with Crippen molar-refractivity contribution >= 4 is 17.2 Å². The Bertz CT molecular complexity index is 962. The lowest BCUT2D eigenvalue weighted by Gasteiger charge is -2.23. The maximum Gasteiger partial charge on any atom is 0.257 e. The highest BCUT2D eigenvalue weighted by Crippen LogP contribution is 2.39. The Labute approximate surface area is 151 Å². The molecule has 0 radical (unpaired) electrons. The van der Waals surface area contributed by atoms with Crippen LogP contribution in [0.4, 0.5) is 5.82 Å². The van der Waals surface area contributed by atoms with Crippen molar-refractivity contribution in [1.82, 2.24) is 19.7 Å². The van der Waals surface area contributed by atoms with Gasteiger partial charge in [0.2, 0.25) is 0 Å². The van der Waals surface area contributed by atoms with Crippen molar-refractivity contribution in [3.63, 3.8) is 0 Å². The fourth-order valence-electron chi connectivity index (χ4n) is 3.20. The van der Waals surface area contributed by atoms with E-state index in [4.69, 9.17) is 15.5 Å². The van der Waals surface area contributed by atoms with Gasteiger partial charge in [0.1, 0.15) is 28.6 Å². The number of nitrogen functional groups attached to an aromatic ring is 1. The zero-order valence-electron chi connectivity index (χ0n) is 14.6. The average Bonchev–Trinajstić information content (AvgIpc) is 2.99. The number of likely N-dealkylation sites (N-methyl/N-ethyl adjacent to an activating group) is 1. The van der Waals surface area contributed by atoms with E-state index >= 15 is 0 Å². The third kappa shape index (κ3) is 2.85. The zero-order chi connectivity index (χ0) is 18.1. The number of carbonyl (C=O) groups excluding carboxylic acids is 1. The Morgan fingerprint density at radius 3 is 3.00 bits per heavy atom. The quantitative estimate of drug-likeness (QED) is 0.736. The minimum atomic E-state index is -0.177. The molecule has 0 bridgehead atoms. The SMILES string of the molecule is CNC(=O)COc1cccc(-c2nc(C3CCC3)n3ccnc(N)c23)c1. The van der Waals surface area contributed by atoms with Crippen LogP contribution in [0.1, 0.15) is 31.0 Å². The minimum Gasteiger partial charge on any atom is -0.484 e. The van der Waals surface area contributed by atoms with Crippen molar-refractivity contribution < 1.29 is 9.53 Å². The minimum absolute atomic E-state index is 0.0269. The number of nitrogens with two attached hydrogens (primary N) is 1. The normalized spacial score (nSPS) is 14.2. The van der Waals surface area contributed by atoms with E-state index < -0.39 is 0 Å². The number of hydrogen-bond acceptors (Lipinski definition) is 5. The molecule has 0 unspecified atom stereocenters. The van der Waals surface area contributed by atoms with Gasteiger partial charge in [0.25, 0.3) is 5.91 Å². The number of anilines is 1. The zero-order valence-corrected chi connectivity index (χ0v) is 14.6. The molecule has 4 rings (SSSR count). The van der Waals surface area contributed by atoms with Crippen LogP contribution in [0.5, 0.6) is 5.75 Å². The Hall–Kier alpha value is -3.09. The molecule has 7 heteroatoms. The summed E-state index contributed by atoms with van der Waals surface area (Å²) in [7, 11) is 1.58. The first kappa shape index (κ1) is 16.4. The van der Waals surface area contributed by atoms with E-state index in [1.54, 1.807) is 13.2 Å². The summed E-state index contributed by atoms with van der Waals surface area (Å²) >= 11 is 0. The largest absolute Gasteiger partial charge is 0.484 e. The molecule has 0 saturated heterocycles. The highest BCUT2D eigenvalue weighted by atomic mass is 16.5. The summed E-state index contributed by atoms with van der Waals surface area (Å²) < 4.78 is 7.61. The first-order chi connectivity index (χ1) is 12.7. The molecular formula is C19H21N5O2. The molecule has 1 aliphatic rings. The van der Waals surface area contributed by atoms with E-state index in [0.717, 1.165) is 35.4 Å². The van der Waals surface area contributed by atoms with Gasteiger partial charge < -0.3 is 15.8 Å². The van der Waals surface area contributed by atoms with Gasteiger partial charge in [0.15, 0.2) is 6.61 Å². The molecule has 1 aliphatic carbocycles. The number of imidazole rings is 1.